The number of carbonyl (C=O) groups is 1. The van der Waals surface area contributed by atoms with E-state index in [1.807, 2.05) is 4.90 Å². The van der Waals surface area contributed by atoms with Gasteiger partial charge in [-0.15, -0.1) is 0 Å². The molecule has 1 aliphatic rings. The van der Waals surface area contributed by atoms with Crippen LogP contribution in [-0.4, -0.2) is 44.2 Å². The van der Waals surface area contributed by atoms with E-state index in [-0.39, 0.29) is 24.5 Å². The van der Waals surface area contributed by atoms with Gasteiger partial charge < -0.3 is 10.6 Å². The molecule has 6 nitrogen and oxygen atoms in total. The van der Waals surface area contributed by atoms with E-state index in [1.165, 1.54) is 6.33 Å². The van der Waals surface area contributed by atoms with Crippen LogP contribution in [0, 0.1) is 0 Å². The van der Waals surface area contributed by atoms with E-state index in [0.717, 1.165) is 19.3 Å². The first kappa shape index (κ1) is 12.0. The van der Waals surface area contributed by atoms with Gasteiger partial charge in [-0.2, -0.15) is 5.10 Å². The minimum absolute atomic E-state index is 0.0816. The number of piperidine rings is 1. The summed E-state index contributed by atoms with van der Waals surface area (Å²) in [5.74, 6) is 0.0816. The number of aromatic nitrogens is 3. The average molecular weight is 237 g/mol. The monoisotopic (exact) mass is 237 g/mol. The van der Waals surface area contributed by atoms with Crippen molar-refractivity contribution in [3.63, 3.8) is 0 Å². The lowest BCUT2D eigenvalue weighted by Crippen LogP contribution is -2.52. The Bertz CT molecular complexity index is 364. The SMILES string of the molecule is CC1CCCC(CN)N1C(=O)Cn1cncn1. The minimum Gasteiger partial charge on any atom is -0.334 e. The van der Waals surface area contributed by atoms with Gasteiger partial charge in [0.05, 0.1) is 0 Å². The van der Waals surface area contributed by atoms with Crippen molar-refractivity contribution in [1.82, 2.24) is 19.7 Å². The van der Waals surface area contributed by atoms with Crippen LogP contribution in [0.1, 0.15) is 26.2 Å². The fourth-order valence-corrected chi connectivity index (χ4v) is 2.50. The Morgan fingerprint density at radius 1 is 1.53 bits per heavy atom. The summed E-state index contributed by atoms with van der Waals surface area (Å²) in [6.07, 6.45) is 6.21. The molecule has 2 rings (SSSR count). The normalized spacial score (nSPS) is 24.9. The van der Waals surface area contributed by atoms with Gasteiger partial charge in [-0.3, -0.25) is 4.79 Å². The standard InChI is InChI=1S/C11H19N5O/c1-9-3-2-4-10(5-12)16(9)11(17)6-15-8-13-7-14-15/h7-10H,2-6,12H2,1H3. The summed E-state index contributed by atoms with van der Waals surface area (Å²) < 4.78 is 1.55. The molecule has 0 aliphatic carbocycles. The van der Waals surface area contributed by atoms with Crippen molar-refractivity contribution in [3.8, 4) is 0 Å². The number of nitrogens with two attached hydrogens (primary N) is 1. The third-order valence-corrected chi connectivity index (χ3v) is 3.35. The topological polar surface area (TPSA) is 77.0 Å². The Kier molecular flexibility index (Phi) is 3.73. The van der Waals surface area contributed by atoms with Crippen molar-refractivity contribution in [3.05, 3.63) is 12.7 Å². The Morgan fingerprint density at radius 3 is 3.00 bits per heavy atom. The molecule has 0 spiro atoms. The maximum absolute atomic E-state index is 12.2. The number of hydrogen-bond donors (Lipinski definition) is 1. The first-order valence-electron chi connectivity index (χ1n) is 6.06. The predicted molar refractivity (Wildman–Crippen MR) is 63.0 cm³/mol. The average Bonchev–Trinajstić information content (AvgIpc) is 2.81. The fourth-order valence-electron chi connectivity index (χ4n) is 2.50. The van der Waals surface area contributed by atoms with Gasteiger partial charge in [-0.05, 0) is 26.2 Å². The molecule has 1 aromatic heterocycles. The molecular weight excluding hydrogens is 218 g/mol. The predicted octanol–water partition coefficient (Wildman–Crippen LogP) is 0.00640. The van der Waals surface area contributed by atoms with Gasteiger partial charge in [0, 0.05) is 18.6 Å². The summed E-state index contributed by atoms with van der Waals surface area (Å²) >= 11 is 0. The van der Waals surface area contributed by atoms with Gasteiger partial charge in [0.1, 0.15) is 19.2 Å². The first-order chi connectivity index (χ1) is 8.22. The molecule has 2 atom stereocenters. The summed E-state index contributed by atoms with van der Waals surface area (Å²) in [6, 6.07) is 0.447. The quantitative estimate of drug-likeness (QED) is 0.803. The zero-order valence-corrected chi connectivity index (χ0v) is 10.1. The van der Waals surface area contributed by atoms with Crippen molar-refractivity contribution < 1.29 is 4.79 Å². The number of amides is 1. The Morgan fingerprint density at radius 2 is 2.35 bits per heavy atom. The fraction of sp³-hybridized carbons (Fsp3) is 0.727. The van der Waals surface area contributed by atoms with Crippen molar-refractivity contribution in [2.24, 2.45) is 5.73 Å². The molecule has 1 saturated heterocycles. The molecule has 2 heterocycles. The second kappa shape index (κ2) is 5.27. The van der Waals surface area contributed by atoms with Gasteiger partial charge in [0.2, 0.25) is 5.91 Å². The minimum atomic E-state index is 0.0816. The molecule has 17 heavy (non-hydrogen) atoms. The van der Waals surface area contributed by atoms with Crippen LogP contribution in [0.25, 0.3) is 0 Å². The van der Waals surface area contributed by atoms with Crippen molar-refractivity contribution in [1.29, 1.82) is 0 Å². The Hall–Kier alpha value is -1.43. The third-order valence-electron chi connectivity index (χ3n) is 3.35. The van der Waals surface area contributed by atoms with Gasteiger partial charge in [0.15, 0.2) is 0 Å². The van der Waals surface area contributed by atoms with E-state index in [0.29, 0.717) is 6.54 Å². The molecule has 1 amide bonds. The highest BCUT2D eigenvalue weighted by molar-refractivity contribution is 5.76. The van der Waals surface area contributed by atoms with Crippen molar-refractivity contribution in [2.75, 3.05) is 6.54 Å². The summed E-state index contributed by atoms with van der Waals surface area (Å²) in [5, 5.41) is 3.95. The van der Waals surface area contributed by atoms with Crippen LogP contribution in [-0.2, 0) is 11.3 Å². The highest BCUT2D eigenvalue weighted by atomic mass is 16.2. The molecule has 1 fully saturated rings. The van der Waals surface area contributed by atoms with E-state index in [2.05, 4.69) is 17.0 Å². The lowest BCUT2D eigenvalue weighted by atomic mass is 9.96. The molecule has 1 aliphatic heterocycles. The molecule has 2 unspecified atom stereocenters. The molecule has 0 bridgehead atoms. The lowest BCUT2D eigenvalue weighted by Gasteiger charge is -2.40. The second-order valence-electron chi connectivity index (χ2n) is 4.56. The van der Waals surface area contributed by atoms with Crippen molar-refractivity contribution >= 4 is 5.91 Å². The van der Waals surface area contributed by atoms with Crippen LogP contribution in [0.5, 0.6) is 0 Å². The number of rotatable bonds is 3. The van der Waals surface area contributed by atoms with Gasteiger partial charge in [-0.25, -0.2) is 9.67 Å². The van der Waals surface area contributed by atoms with E-state index < -0.39 is 0 Å². The summed E-state index contributed by atoms with van der Waals surface area (Å²) in [7, 11) is 0. The number of hydrogen-bond acceptors (Lipinski definition) is 4. The number of likely N-dealkylation sites (tertiary alicyclic amines) is 1. The van der Waals surface area contributed by atoms with Crippen LogP contribution in [0.3, 0.4) is 0 Å². The Balaban J connectivity index is 2.05. The van der Waals surface area contributed by atoms with E-state index in [9.17, 15) is 4.79 Å². The summed E-state index contributed by atoms with van der Waals surface area (Å²) in [4.78, 5) is 18.0. The van der Waals surface area contributed by atoms with Crippen LogP contribution in [0.15, 0.2) is 12.7 Å². The Labute approximate surface area is 101 Å². The van der Waals surface area contributed by atoms with E-state index in [4.69, 9.17) is 5.73 Å². The maximum Gasteiger partial charge on any atom is 0.244 e. The van der Waals surface area contributed by atoms with Gasteiger partial charge in [0.25, 0.3) is 0 Å². The first-order valence-corrected chi connectivity index (χ1v) is 6.06. The van der Waals surface area contributed by atoms with Crippen LogP contribution in [0.2, 0.25) is 0 Å². The maximum atomic E-state index is 12.2. The molecule has 0 aromatic carbocycles. The van der Waals surface area contributed by atoms with E-state index >= 15 is 0 Å². The third kappa shape index (κ3) is 2.63. The van der Waals surface area contributed by atoms with Crippen LogP contribution in [0.4, 0.5) is 0 Å². The van der Waals surface area contributed by atoms with Crippen LogP contribution < -0.4 is 5.73 Å². The zero-order chi connectivity index (χ0) is 12.3. The summed E-state index contributed by atoms with van der Waals surface area (Å²) in [6.45, 7) is 2.87. The second-order valence-corrected chi connectivity index (χ2v) is 4.56. The molecule has 0 radical (unpaired) electrons. The van der Waals surface area contributed by atoms with Gasteiger partial charge in [-0.1, -0.05) is 0 Å². The highest BCUT2D eigenvalue weighted by Gasteiger charge is 2.30. The van der Waals surface area contributed by atoms with E-state index in [1.54, 1.807) is 11.0 Å². The largest absolute Gasteiger partial charge is 0.334 e. The van der Waals surface area contributed by atoms with Crippen molar-refractivity contribution in [2.45, 2.75) is 44.8 Å². The number of nitrogens with zero attached hydrogens (tertiary/aromatic N) is 4. The summed E-state index contributed by atoms with van der Waals surface area (Å²) in [5.41, 5.74) is 5.74. The zero-order valence-electron chi connectivity index (χ0n) is 10.1. The molecule has 94 valence electrons. The smallest absolute Gasteiger partial charge is 0.244 e. The molecular formula is C11H19N5O. The molecule has 6 heteroatoms. The molecule has 2 N–H and O–H groups in total. The molecule has 1 aromatic rings. The lowest BCUT2D eigenvalue weighted by molar-refractivity contribution is -0.138. The van der Waals surface area contributed by atoms with Gasteiger partial charge >= 0.3 is 0 Å². The van der Waals surface area contributed by atoms with Crippen LogP contribution >= 0.6 is 0 Å². The highest BCUT2D eigenvalue weighted by Crippen LogP contribution is 2.22. The number of carbonyl (C=O) groups excluding carboxylic acids is 1. The molecule has 0 saturated carbocycles.